The third-order valence-electron chi connectivity index (χ3n) is 5.37. The Labute approximate surface area is 144 Å². The van der Waals surface area contributed by atoms with Gasteiger partial charge in [0.25, 0.3) is 0 Å². The average Bonchev–Trinajstić information content (AvgIpc) is 2.55. The van der Waals surface area contributed by atoms with Crippen LogP contribution in [-0.2, 0) is 17.6 Å². The summed E-state index contributed by atoms with van der Waals surface area (Å²) < 4.78 is 6.41. The zero-order valence-electron chi connectivity index (χ0n) is 15.3. The maximum Gasteiger partial charge on any atom is 0.303 e. The number of rotatable bonds is 7. The van der Waals surface area contributed by atoms with Gasteiger partial charge in [-0.25, -0.2) is 0 Å². The van der Waals surface area contributed by atoms with Crippen molar-refractivity contribution in [2.75, 3.05) is 0 Å². The molecule has 24 heavy (non-hydrogen) atoms. The highest BCUT2D eigenvalue weighted by Gasteiger charge is 2.35. The monoisotopic (exact) mass is 334 g/mol. The number of benzene rings is 1. The second kappa shape index (κ2) is 7.45. The molecule has 0 spiro atoms. The quantitative estimate of drug-likeness (QED) is 0.751. The minimum Gasteiger partial charge on any atom is -0.508 e. The van der Waals surface area contributed by atoms with Crippen LogP contribution < -0.4 is 4.74 Å². The van der Waals surface area contributed by atoms with E-state index in [2.05, 4.69) is 20.8 Å². The van der Waals surface area contributed by atoms with E-state index in [4.69, 9.17) is 9.84 Å². The summed E-state index contributed by atoms with van der Waals surface area (Å²) in [7, 11) is 0. The van der Waals surface area contributed by atoms with E-state index in [9.17, 15) is 9.90 Å². The van der Waals surface area contributed by atoms with Gasteiger partial charge < -0.3 is 14.9 Å². The zero-order chi connectivity index (χ0) is 17.9. The topological polar surface area (TPSA) is 66.8 Å². The Bertz CT molecular complexity index is 604. The van der Waals surface area contributed by atoms with Crippen molar-refractivity contribution in [2.24, 2.45) is 0 Å². The lowest BCUT2D eigenvalue weighted by Crippen LogP contribution is -2.37. The van der Waals surface area contributed by atoms with Gasteiger partial charge in [0.15, 0.2) is 0 Å². The van der Waals surface area contributed by atoms with Crippen LogP contribution in [0.4, 0.5) is 0 Å². The standard InChI is InChI=1S/C20H30O4/c1-5-13(6-2)18-15(7-3)16(21)12-14-8-10-20(4,24-19(14)18)11-9-17(22)23/h12-13,21H,5-11H2,1-4H3,(H,22,23). The van der Waals surface area contributed by atoms with Gasteiger partial charge in [-0.1, -0.05) is 20.8 Å². The molecule has 1 atom stereocenters. The average molecular weight is 334 g/mol. The largest absolute Gasteiger partial charge is 0.508 e. The first-order chi connectivity index (χ1) is 11.3. The van der Waals surface area contributed by atoms with E-state index in [1.54, 1.807) is 0 Å². The van der Waals surface area contributed by atoms with Crippen molar-refractivity contribution >= 4 is 5.97 Å². The molecular weight excluding hydrogens is 304 g/mol. The number of phenols is 1. The molecule has 0 saturated heterocycles. The number of phenolic OH excluding ortho intramolecular Hbond substituents is 1. The lowest BCUT2D eigenvalue weighted by Gasteiger charge is -2.38. The number of carbonyl (C=O) groups is 1. The van der Waals surface area contributed by atoms with E-state index in [1.807, 2.05) is 13.0 Å². The van der Waals surface area contributed by atoms with Gasteiger partial charge in [0.1, 0.15) is 17.1 Å². The molecule has 0 bridgehead atoms. The first-order valence-electron chi connectivity index (χ1n) is 9.13. The lowest BCUT2D eigenvalue weighted by atomic mass is 9.82. The summed E-state index contributed by atoms with van der Waals surface area (Å²) in [5, 5.41) is 19.5. The Balaban J connectivity index is 2.48. The van der Waals surface area contributed by atoms with E-state index in [-0.39, 0.29) is 6.42 Å². The van der Waals surface area contributed by atoms with Crippen LogP contribution >= 0.6 is 0 Å². The third kappa shape index (κ3) is 3.68. The molecule has 0 aromatic heterocycles. The predicted octanol–water partition coefficient (Wildman–Crippen LogP) is 4.81. The van der Waals surface area contributed by atoms with Crippen molar-refractivity contribution in [3.8, 4) is 11.5 Å². The Kier molecular flexibility index (Phi) is 5.79. The van der Waals surface area contributed by atoms with E-state index in [0.717, 1.165) is 54.5 Å². The molecule has 1 unspecified atom stereocenters. The van der Waals surface area contributed by atoms with Gasteiger partial charge >= 0.3 is 5.97 Å². The summed E-state index contributed by atoms with van der Waals surface area (Å²) in [6.07, 6.45) is 4.97. The Morgan fingerprint density at radius 3 is 2.54 bits per heavy atom. The molecule has 0 amide bonds. The molecule has 134 valence electrons. The minimum absolute atomic E-state index is 0.116. The highest BCUT2D eigenvalue weighted by atomic mass is 16.5. The van der Waals surface area contributed by atoms with Gasteiger partial charge in [-0.15, -0.1) is 0 Å². The fraction of sp³-hybridized carbons (Fsp3) is 0.650. The SMILES string of the molecule is CCc1c(O)cc2c(c1C(CC)CC)OC(C)(CCC(=O)O)CC2. The van der Waals surface area contributed by atoms with Gasteiger partial charge in [-0.3, -0.25) is 4.79 Å². The van der Waals surface area contributed by atoms with Crippen LogP contribution in [0.2, 0.25) is 0 Å². The van der Waals surface area contributed by atoms with E-state index in [0.29, 0.717) is 18.1 Å². The van der Waals surface area contributed by atoms with Crippen LogP contribution in [0.15, 0.2) is 6.07 Å². The van der Waals surface area contributed by atoms with Crippen molar-refractivity contribution in [1.82, 2.24) is 0 Å². The first kappa shape index (κ1) is 18.6. The molecule has 0 fully saturated rings. The molecule has 0 radical (unpaired) electrons. The number of carboxylic acid groups (broad SMARTS) is 1. The Morgan fingerprint density at radius 2 is 2.00 bits per heavy atom. The normalized spacial score (nSPS) is 19.9. The summed E-state index contributed by atoms with van der Waals surface area (Å²) >= 11 is 0. The Hall–Kier alpha value is -1.71. The zero-order valence-corrected chi connectivity index (χ0v) is 15.3. The summed E-state index contributed by atoms with van der Waals surface area (Å²) in [5.41, 5.74) is 2.72. The fourth-order valence-electron chi connectivity index (χ4n) is 3.82. The van der Waals surface area contributed by atoms with Crippen molar-refractivity contribution in [2.45, 2.75) is 84.2 Å². The molecule has 0 aliphatic carbocycles. The van der Waals surface area contributed by atoms with Gasteiger partial charge in [-0.2, -0.15) is 0 Å². The number of fused-ring (bicyclic) bond motifs is 1. The molecule has 1 aliphatic rings. The molecule has 2 rings (SSSR count). The van der Waals surface area contributed by atoms with Crippen LogP contribution in [0.1, 0.15) is 82.4 Å². The number of aryl methyl sites for hydroxylation is 1. The molecule has 0 saturated carbocycles. The summed E-state index contributed by atoms with van der Waals surface area (Å²) in [6, 6.07) is 1.84. The molecule has 4 nitrogen and oxygen atoms in total. The third-order valence-corrected chi connectivity index (χ3v) is 5.37. The van der Waals surface area contributed by atoms with Crippen LogP contribution in [0, 0.1) is 0 Å². The molecule has 4 heteroatoms. The number of ether oxygens (including phenoxy) is 1. The predicted molar refractivity (Wildman–Crippen MR) is 95.0 cm³/mol. The summed E-state index contributed by atoms with van der Waals surface area (Å²) in [4.78, 5) is 11.0. The van der Waals surface area contributed by atoms with Crippen molar-refractivity contribution in [3.63, 3.8) is 0 Å². The molecule has 1 heterocycles. The molecule has 1 aliphatic heterocycles. The van der Waals surface area contributed by atoms with Gasteiger partial charge in [-0.05, 0) is 63.0 Å². The molecule has 1 aromatic carbocycles. The second-order valence-electron chi connectivity index (χ2n) is 7.09. The Morgan fingerprint density at radius 1 is 1.33 bits per heavy atom. The number of aliphatic carboxylic acids is 1. The van der Waals surface area contributed by atoms with Crippen molar-refractivity contribution < 1.29 is 19.7 Å². The van der Waals surface area contributed by atoms with Crippen LogP contribution in [0.25, 0.3) is 0 Å². The molecular formula is C20H30O4. The summed E-state index contributed by atoms with van der Waals surface area (Å²) in [6.45, 7) is 8.39. The van der Waals surface area contributed by atoms with Gasteiger partial charge in [0.2, 0.25) is 0 Å². The van der Waals surface area contributed by atoms with Crippen LogP contribution in [-0.4, -0.2) is 21.8 Å². The van der Waals surface area contributed by atoms with Gasteiger partial charge in [0, 0.05) is 17.5 Å². The highest BCUT2D eigenvalue weighted by molar-refractivity contribution is 5.66. The van der Waals surface area contributed by atoms with Crippen LogP contribution in [0.5, 0.6) is 11.5 Å². The lowest BCUT2D eigenvalue weighted by molar-refractivity contribution is -0.138. The second-order valence-corrected chi connectivity index (χ2v) is 7.09. The maximum atomic E-state index is 11.0. The number of hydrogen-bond donors (Lipinski definition) is 2. The number of carboxylic acids is 1. The highest BCUT2D eigenvalue weighted by Crippen LogP contribution is 2.46. The first-order valence-corrected chi connectivity index (χ1v) is 9.13. The van der Waals surface area contributed by atoms with E-state index < -0.39 is 11.6 Å². The van der Waals surface area contributed by atoms with Crippen molar-refractivity contribution in [3.05, 3.63) is 22.8 Å². The minimum atomic E-state index is -0.786. The van der Waals surface area contributed by atoms with E-state index >= 15 is 0 Å². The number of hydrogen-bond acceptors (Lipinski definition) is 3. The van der Waals surface area contributed by atoms with E-state index in [1.165, 1.54) is 0 Å². The smallest absolute Gasteiger partial charge is 0.303 e. The molecule has 1 aromatic rings. The van der Waals surface area contributed by atoms with Gasteiger partial charge in [0.05, 0.1) is 0 Å². The maximum absolute atomic E-state index is 11.0. The summed E-state index contributed by atoms with van der Waals surface area (Å²) in [5.74, 6) is 0.835. The number of aromatic hydroxyl groups is 1. The molecule has 2 N–H and O–H groups in total. The van der Waals surface area contributed by atoms with Crippen molar-refractivity contribution in [1.29, 1.82) is 0 Å². The fourth-order valence-corrected chi connectivity index (χ4v) is 3.82. The van der Waals surface area contributed by atoms with Crippen LogP contribution in [0.3, 0.4) is 0 Å².